The average Bonchev–Trinajstić information content (AvgIpc) is 2.42. The summed E-state index contributed by atoms with van der Waals surface area (Å²) in [6.07, 6.45) is 1.23. The molecule has 3 nitrogen and oxygen atoms in total. The van der Waals surface area contributed by atoms with Crippen molar-refractivity contribution in [1.29, 1.82) is 0 Å². The Kier molecular flexibility index (Phi) is 4.41. The lowest BCUT2D eigenvalue weighted by atomic mass is 10.0. The van der Waals surface area contributed by atoms with Crippen molar-refractivity contribution in [3.63, 3.8) is 0 Å². The molecule has 2 aromatic carbocycles. The van der Waals surface area contributed by atoms with Crippen LogP contribution in [0.2, 0.25) is 0 Å². The molecule has 0 fully saturated rings. The third kappa shape index (κ3) is 3.60. The van der Waals surface area contributed by atoms with Crippen molar-refractivity contribution in [1.82, 2.24) is 0 Å². The lowest BCUT2D eigenvalue weighted by Gasteiger charge is -2.13. The molecule has 0 saturated carbocycles. The van der Waals surface area contributed by atoms with Gasteiger partial charge in [0.2, 0.25) is 0 Å². The lowest BCUT2D eigenvalue weighted by Crippen LogP contribution is -2.09. The highest BCUT2D eigenvalue weighted by molar-refractivity contribution is 5.83. The van der Waals surface area contributed by atoms with Crippen LogP contribution in [0.3, 0.4) is 0 Å². The quantitative estimate of drug-likeness (QED) is 0.838. The van der Waals surface area contributed by atoms with Gasteiger partial charge in [0.15, 0.2) is 0 Å². The third-order valence-corrected chi connectivity index (χ3v) is 3.18. The van der Waals surface area contributed by atoms with Crippen molar-refractivity contribution in [2.24, 2.45) is 5.92 Å². The molecular formula is C17H18O3. The van der Waals surface area contributed by atoms with E-state index in [1.807, 2.05) is 56.3 Å². The Morgan fingerprint density at radius 1 is 1.20 bits per heavy atom. The van der Waals surface area contributed by atoms with Gasteiger partial charge in [0.1, 0.15) is 12.4 Å². The molecule has 0 aliphatic rings. The zero-order valence-electron chi connectivity index (χ0n) is 11.7. The van der Waals surface area contributed by atoms with Crippen LogP contribution in [0, 0.1) is 5.92 Å². The van der Waals surface area contributed by atoms with Crippen LogP contribution in [-0.4, -0.2) is 17.7 Å². The summed E-state index contributed by atoms with van der Waals surface area (Å²) >= 11 is 0. The Balaban J connectivity index is 2.13. The zero-order valence-corrected chi connectivity index (χ0v) is 11.7. The molecule has 0 aliphatic carbocycles. The van der Waals surface area contributed by atoms with E-state index in [4.69, 9.17) is 9.84 Å². The topological polar surface area (TPSA) is 46.5 Å². The van der Waals surface area contributed by atoms with Gasteiger partial charge in [-0.25, -0.2) is 4.79 Å². The fourth-order valence-electron chi connectivity index (χ4n) is 1.96. The van der Waals surface area contributed by atoms with E-state index in [1.165, 1.54) is 6.08 Å². The molecule has 0 bridgehead atoms. The molecule has 104 valence electrons. The van der Waals surface area contributed by atoms with E-state index in [0.717, 1.165) is 22.1 Å². The molecule has 0 amide bonds. The van der Waals surface area contributed by atoms with Crippen LogP contribution in [0.1, 0.15) is 13.8 Å². The van der Waals surface area contributed by atoms with Crippen LogP contribution in [0.15, 0.2) is 54.1 Å². The van der Waals surface area contributed by atoms with Gasteiger partial charge in [-0.15, -0.1) is 0 Å². The predicted molar refractivity (Wildman–Crippen MR) is 80.0 cm³/mol. The largest absolute Gasteiger partial charge is 0.489 e. The Morgan fingerprint density at radius 3 is 2.55 bits per heavy atom. The number of hydrogen-bond donors (Lipinski definition) is 1. The summed E-state index contributed by atoms with van der Waals surface area (Å²) in [4.78, 5) is 10.8. The minimum Gasteiger partial charge on any atom is -0.489 e. The predicted octanol–water partition coefficient (Wildman–Crippen LogP) is 3.89. The molecule has 20 heavy (non-hydrogen) atoms. The molecule has 0 aromatic heterocycles. The first-order valence-electron chi connectivity index (χ1n) is 6.61. The fourth-order valence-corrected chi connectivity index (χ4v) is 1.96. The molecule has 0 unspecified atom stereocenters. The highest BCUT2D eigenvalue weighted by Gasteiger charge is 2.07. The van der Waals surface area contributed by atoms with E-state index in [1.54, 1.807) is 0 Å². The number of benzene rings is 2. The van der Waals surface area contributed by atoms with Crippen molar-refractivity contribution in [2.75, 3.05) is 6.61 Å². The van der Waals surface area contributed by atoms with Gasteiger partial charge in [-0.1, -0.05) is 44.2 Å². The van der Waals surface area contributed by atoms with Crippen LogP contribution < -0.4 is 4.74 Å². The van der Waals surface area contributed by atoms with Gasteiger partial charge in [-0.05, 0) is 34.4 Å². The standard InChI is InChI=1S/C17H18O3/c1-12(2)15(10-17(18)19)11-20-16-8-7-13-5-3-4-6-14(13)9-16/h3-10,12H,11H2,1-2H3,(H,18,19)/b15-10-. The lowest BCUT2D eigenvalue weighted by molar-refractivity contribution is -0.131. The summed E-state index contributed by atoms with van der Waals surface area (Å²) in [5.41, 5.74) is 0.769. The number of carbonyl (C=O) groups is 1. The Labute approximate surface area is 118 Å². The average molecular weight is 270 g/mol. The number of ether oxygens (including phenoxy) is 1. The van der Waals surface area contributed by atoms with Gasteiger partial charge in [-0.2, -0.15) is 0 Å². The van der Waals surface area contributed by atoms with E-state index in [9.17, 15) is 4.79 Å². The molecule has 2 rings (SSSR count). The molecule has 0 radical (unpaired) electrons. The van der Waals surface area contributed by atoms with Crippen LogP contribution >= 0.6 is 0 Å². The van der Waals surface area contributed by atoms with E-state index < -0.39 is 5.97 Å². The molecule has 3 heteroatoms. The molecule has 0 atom stereocenters. The number of carboxylic acids is 1. The summed E-state index contributed by atoms with van der Waals surface area (Å²) < 4.78 is 5.71. The zero-order chi connectivity index (χ0) is 14.5. The van der Waals surface area contributed by atoms with Gasteiger partial charge < -0.3 is 9.84 Å². The van der Waals surface area contributed by atoms with Gasteiger partial charge in [-0.3, -0.25) is 0 Å². The maximum Gasteiger partial charge on any atom is 0.328 e. The molecule has 0 heterocycles. The second kappa shape index (κ2) is 6.24. The van der Waals surface area contributed by atoms with Crippen LogP contribution in [-0.2, 0) is 4.79 Å². The number of aliphatic carboxylic acids is 1. The number of carboxylic acid groups (broad SMARTS) is 1. The first-order chi connectivity index (χ1) is 9.56. The van der Waals surface area contributed by atoms with Crippen LogP contribution in [0.25, 0.3) is 10.8 Å². The molecule has 2 aromatic rings. The summed E-state index contributed by atoms with van der Waals surface area (Å²) in [5, 5.41) is 11.1. The minimum atomic E-state index is -0.934. The van der Waals surface area contributed by atoms with Gasteiger partial charge in [0.05, 0.1) is 0 Å². The summed E-state index contributed by atoms with van der Waals surface area (Å²) in [5.74, 6) is -0.0389. The van der Waals surface area contributed by atoms with E-state index in [2.05, 4.69) is 0 Å². The second-order valence-electron chi connectivity index (χ2n) is 5.01. The van der Waals surface area contributed by atoms with Gasteiger partial charge in [0, 0.05) is 6.08 Å². The minimum absolute atomic E-state index is 0.145. The SMILES string of the molecule is CC(C)/C(=C\C(=O)O)COc1ccc2ccccc2c1. The van der Waals surface area contributed by atoms with E-state index in [-0.39, 0.29) is 5.92 Å². The Bertz CT molecular complexity index is 641. The number of rotatable bonds is 5. The monoisotopic (exact) mass is 270 g/mol. The van der Waals surface area contributed by atoms with Gasteiger partial charge >= 0.3 is 5.97 Å². The maximum absolute atomic E-state index is 10.8. The van der Waals surface area contributed by atoms with Crippen LogP contribution in [0.5, 0.6) is 5.75 Å². The second-order valence-corrected chi connectivity index (χ2v) is 5.01. The molecule has 0 saturated heterocycles. The fraction of sp³-hybridized carbons (Fsp3) is 0.235. The first-order valence-corrected chi connectivity index (χ1v) is 6.61. The molecular weight excluding hydrogens is 252 g/mol. The molecule has 0 aliphatic heterocycles. The number of fused-ring (bicyclic) bond motifs is 1. The summed E-state index contributed by atoms with van der Waals surface area (Å²) in [7, 11) is 0. The van der Waals surface area contributed by atoms with Crippen molar-refractivity contribution in [3.8, 4) is 5.75 Å². The van der Waals surface area contributed by atoms with E-state index in [0.29, 0.717) is 6.61 Å². The number of hydrogen-bond acceptors (Lipinski definition) is 2. The Morgan fingerprint density at radius 2 is 1.90 bits per heavy atom. The maximum atomic E-state index is 10.8. The van der Waals surface area contributed by atoms with Gasteiger partial charge in [0.25, 0.3) is 0 Å². The molecule has 1 N–H and O–H groups in total. The highest BCUT2D eigenvalue weighted by atomic mass is 16.5. The third-order valence-electron chi connectivity index (χ3n) is 3.18. The summed E-state index contributed by atoms with van der Waals surface area (Å²) in [6.45, 7) is 4.21. The first kappa shape index (κ1) is 14.1. The van der Waals surface area contributed by atoms with Crippen LogP contribution in [0.4, 0.5) is 0 Å². The van der Waals surface area contributed by atoms with Crippen molar-refractivity contribution in [2.45, 2.75) is 13.8 Å². The highest BCUT2D eigenvalue weighted by Crippen LogP contribution is 2.21. The smallest absolute Gasteiger partial charge is 0.328 e. The normalized spacial score (nSPS) is 11.8. The summed E-state index contributed by atoms with van der Waals surface area (Å²) in [6, 6.07) is 13.9. The van der Waals surface area contributed by atoms with E-state index >= 15 is 0 Å². The Hall–Kier alpha value is -2.29. The van der Waals surface area contributed by atoms with Crippen molar-refractivity contribution < 1.29 is 14.6 Å². The van der Waals surface area contributed by atoms with Crippen molar-refractivity contribution in [3.05, 3.63) is 54.1 Å². The molecule has 0 spiro atoms. The van der Waals surface area contributed by atoms with Crippen molar-refractivity contribution >= 4 is 16.7 Å².